The number of nitrogens with zero attached hydrogens (tertiary/aromatic N) is 2. The molecule has 0 amide bonds. The molecular weight excluding hydrogens is 352 g/mol. The number of aromatic nitrogens is 1. The predicted molar refractivity (Wildman–Crippen MR) is 93.6 cm³/mol. The van der Waals surface area contributed by atoms with Crippen LogP contribution in [0.25, 0.3) is 11.5 Å². The molecule has 1 aromatic heterocycles. The van der Waals surface area contributed by atoms with Gasteiger partial charge in [0.2, 0.25) is 19.5 Å². The predicted octanol–water partition coefficient (Wildman–Crippen LogP) is 3.12. The van der Waals surface area contributed by atoms with Crippen LogP contribution >= 0.6 is 0 Å². The molecule has 0 saturated carbocycles. The summed E-state index contributed by atoms with van der Waals surface area (Å²) in [6.45, 7) is 0.827. The number of oxazole rings is 1. The van der Waals surface area contributed by atoms with E-state index in [4.69, 9.17) is 23.4 Å². The number of hydrogen-bond acceptors (Lipinski definition) is 8. The van der Waals surface area contributed by atoms with Gasteiger partial charge in [0.1, 0.15) is 0 Å². The number of hydrogen-bond donors (Lipinski definition) is 1. The van der Waals surface area contributed by atoms with Crippen molar-refractivity contribution in [2.75, 3.05) is 13.6 Å². The molecule has 0 aliphatic carbocycles. The summed E-state index contributed by atoms with van der Waals surface area (Å²) in [5, 5.41) is 10.00. The lowest BCUT2D eigenvalue weighted by atomic mass is 10.2. The van der Waals surface area contributed by atoms with E-state index in [0.29, 0.717) is 29.4 Å². The highest BCUT2D eigenvalue weighted by Crippen LogP contribution is 2.37. The Hall–Kier alpha value is -3.68. The zero-order chi connectivity index (χ0) is 18.2. The van der Waals surface area contributed by atoms with Crippen molar-refractivity contribution in [3.8, 4) is 40.4 Å². The lowest BCUT2D eigenvalue weighted by Crippen LogP contribution is -1.92. The molecule has 2 aromatic carbocycles. The standard InChI is InChI=1S/C19H14N2O6/c22-19-13(8-20-7-11-1-3-14-16(5-11)25-9-23-14)21-18(27-19)12-2-4-15-17(6-12)26-10-24-15/h1-6,8,22H,7,9-10H2. The highest BCUT2D eigenvalue weighted by Gasteiger charge is 2.18. The summed E-state index contributed by atoms with van der Waals surface area (Å²) in [6.07, 6.45) is 1.47. The first-order valence-corrected chi connectivity index (χ1v) is 8.24. The number of aromatic hydroxyl groups is 1. The molecule has 5 rings (SSSR count). The number of benzene rings is 2. The molecule has 0 spiro atoms. The third-order valence-electron chi connectivity index (χ3n) is 4.18. The van der Waals surface area contributed by atoms with Crippen LogP contribution in [0.2, 0.25) is 0 Å². The summed E-state index contributed by atoms with van der Waals surface area (Å²) in [7, 11) is 0. The van der Waals surface area contributed by atoms with E-state index in [1.54, 1.807) is 18.2 Å². The fourth-order valence-electron chi connectivity index (χ4n) is 2.84. The van der Waals surface area contributed by atoms with Gasteiger partial charge in [-0.25, -0.2) is 4.98 Å². The maximum Gasteiger partial charge on any atom is 0.312 e. The number of fused-ring (bicyclic) bond motifs is 2. The average Bonchev–Trinajstić information content (AvgIpc) is 3.40. The molecule has 0 fully saturated rings. The third-order valence-corrected chi connectivity index (χ3v) is 4.18. The maximum atomic E-state index is 10.00. The van der Waals surface area contributed by atoms with Gasteiger partial charge in [0.25, 0.3) is 0 Å². The minimum atomic E-state index is -0.294. The van der Waals surface area contributed by atoms with Gasteiger partial charge < -0.3 is 28.5 Å². The fourth-order valence-corrected chi connectivity index (χ4v) is 2.84. The molecule has 1 N–H and O–H groups in total. The van der Waals surface area contributed by atoms with Crippen LogP contribution in [-0.4, -0.2) is 29.9 Å². The van der Waals surface area contributed by atoms with Gasteiger partial charge in [0.05, 0.1) is 12.8 Å². The molecular formula is C19H14N2O6. The Balaban J connectivity index is 1.33. The van der Waals surface area contributed by atoms with E-state index in [0.717, 1.165) is 11.3 Å². The molecule has 3 aromatic rings. The van der Waals surface area contributed by atoms with Crippen LogP contribution in [0.3, 0.4) is 0 Å². The molecule has 0 bridgehead atoms. The van der Waals surface area contributed by atoms with E-state index in [-0.39, 0.29) is 31.1 Å². The van der Waals surface area contributed by atoms with Crippen LogP contribution in [-0.2, 0) is 6.54 Å². The molecule has 2 aliphatic heterocycles. The second-order valence-electron chi connectivity index (χ2n) is 5.93. The topological polar surface area (TPSA) is 95.5 Å². The summed E-state index contributed by atoms with van der Waals surface area (Å²) in [5.41, 5.74) is 1.88. The van der Waals surface area contributed by atoms with Crippen LogP contribution < -0.4 is 18.9 Å². The number of ether oxygens (including phenoxy) is 4. The van der Waals surface area contributed by atoms with E-state index in [1.165, 1.54) is 6.21 Å². The normalized spacial score (nSPS) is 14.2. The molecule has 0 saturated heterocycles. The zero-order valence-corrected chi connectivity index (χ0v) is 14.0. The Morgan fingerprint density at radius 1 is 0.926 bits per heavy atom. The van der Waals surface area contributed by atoms with Crippen molar-refractivity contribution >= 4 is 6.21 Å². The van der Waals surface area contributed by atoms with E-state index < -0.39 is 0 Å². The van der Waals surface area contributed by atoms with Gasteiger partial charge >= 0.3 is 5.95 Å². The molecule has 0 atom stereocenters. The minimum absolute atomic E-state index is 0.188. The lowest BCUT2D eigenvalue weighted by molar-refractivity contribution is 0.173. The molecule has 8 nitrogen and oxygen atoms in total. The van der Waals surface area contributed by atoms with E-state index >= 15 is 0 Å². The summed E-state index contributed by atoms with van der Waals surface area (Å²) >= 11 is 0. The quantitative estimate of drug-likeness (QED) is 0.709. The lowest BCUT2D eigenvalue weighted by Gasteiger charge is -1.99. The van der Waals surface area contributed by atoms with Gasteiger partial charge in [-0.15, -0.1) is 0 Å². The van der Waals surface area contributed by atoms with Gasteiger partial charge in [-0.3, -0.25) is 4.99 Å². The van der Waals surface area contributed by atoms with Crippen LogP contribution in [0, 0.1) is 0 Å². The van der Waals surface area contributed by atoms with E-state index in [9.17, 15) is 5.11 Å². The van der Waals surface area contributed by atoms with Gasteiger partial charge in [-0.05, 0) is 35.9 Å². The Labute approximate surface area is 153 Å². The first-order chi connectivity index (χ1) is 13.3. The summed E-state index contributed by atoms with van der Waals surface area (Å²) in [6, 6.07) is 10.9. The Morgan fingerprint density at radius 3 is 2.44 bits per heavy atom. The van der Waals surface area contributed by atoms with Crippen molar-refractivity contribution in [2.24, 2.45) is 4.99 Å². The van der Waals surface area contributed by atoms with Gasteiger partial charge in [0.15, 0.2) is 28.7 Å². The third kappa shape index (κ3) is 2.91. The van der Waals surface area contributed by atoms with Gasteiger partial charge in [0, 0.05) is 5.56 Å². The summed E-state index contributed by atoms with van der Waals surface area (Å²) in [4.78, 5) is 8.60. The van der Waals surface area contributed by atoms with Crippen molar-refractivity contribution in [1.82, 2.24) is 4.98 Å². The smallest absolute Gasteiger partial charge is 0.312 e. The van der Waals surface area contributed by atoms with Crippen LogP contribution in [0.5, 0.6) is 28.9 Å². The zero-order valence-electron chi connectivity index (χ0n) is 14.0. The molecule has 8 heteroatoms. The Kier molecular flexibility index (Phi) is 3.60. The number of rotatable bonds is 4. The molecule has 136 valence electrons. The SMILES string of the molecule is Oc1oc(-c2ccc3c(c2)OCO3)nc1C=NCc1ccc2c(c1)OCO2. The summed E-state index contributed by atoms with van der Waals surface area (Å²) in [5.74, 6) is 2.69. The van der Waals surface area contributed by atoms with Crippen molar-refractivity contribution in [3.63, 3.8) is 0 Å². The van der Waals surface area contributed by atoms with Gasteiger partial charge in [-0.2, -0.15) is 0 Å². The fraction of sp³-hybridized carbons (Fsp3) is 0.158. The van der Waals surface area contributed by atoms with E-state index in [2.05, 4.69) is 9.98 Å². The molecule has 3 heterocycles. The maximum absolute atomic E-state index is 10.00. The highest BCUT2D eigenvalue weighted by atomic mass is 16.7. The molecule has 0 radical (unpaired) electrons. The van der Waals surface area contributed by atoms with Crippen molar-refractivity contribution in [3.05, 3.63) is 47.7 Å². The second kappa shape index (κ2) is 6.24. The molecule has 0 unspecified atom stereocenters. The minimum Gasteiger partial charge on any atom is -0.479 e. The second-order valence-corrected chi connectivity index (χ2v) is 5.93. The Morgan fingerprint density at radius 2 is 1.63 bits per heavy atom. The molecule has 27 heavy (non-hydrogen) atoms. The van der Waals surface area contributed by atoms with Gasteiger partial charge in [-0.1, -0.05) is 6.07 Å². The van der Waals surface area contributed by atoms with Crippen molar-refractivity contribution < 1.29 is 28.5 Å². The van der Waals surface area contributed by atoms with Crippen LogP contribution in [0.1, 0.15) is 11.3 Å². The van der Waals surface area contributed by atoms with Crippen LogP contribution in [0.4, 0.5) is 0 Å². The van der Waals surface area contributed by atoms with Crippen LogP contribution in [0.15, 0.2) is 45.8 Å². The first-order valence-electron chi connectivity index (χ1n) is 8.24. The highest BCUT2D eigenvalue weighted by molar-refractivity contribution is 5.80. The number of aliphatic imine (C=N–C) groups is 1. The van der Waals surface area contributed by atoms with Crippen molar-refractivity contribution in [1.29, 1.82) is 0 Å². The first kappa shape index (κ1) is 15.6. The Bertz CT molecular complexity index is 1040. The van der Waals surface area contributed by atoms with Crippen molar-refractivity contribution in [2.45, 2.75) is 6.54 Å². The molecule has 2 aliphatic rings. The largest absolute Gasteiger partial charge is 0.479 e. The summed E-state index contributed by atoms with van der Waals surface area (Å²) < 4.78 is 26.6. The van der Waals surface area contributed by atoms with E-state index in [1.807, 2.05) is 18.2 Å². The monoisotopic (exact) mass is 366 g/mol. The average molecular weight is 366 g/mol.